The molecule has 0 saturated carbocycles. The summed E-state index contributed by atoms with van der Waals surface area (Å²) in [5, 5.41) is 6.82. The number of hydrogen-bond donors (Lipinski definition) is 1. The Hall–Kier alpha value is -1.17. The number of amides is 1. The molecule has 5 nitrogen and oxygen atoms in total. The summed E-state index contributed by atoms with van der Waals surface area (Å²) < 4.78 is 11.2. The summed E-state index contributed by atoms with van der Waals surface area (Å²) in [7, 11) is -0.752. The molecule has 1 amide bonds. The molecule has 1 aromatic rings. The number of aromatic amines is 1. The number of nitrogens with one attached hydrogen (secondary N) is 1. The molecule has 0 atom stereocenters. The lowest BCUT2D eigenvalue weighted by Crippen LogP contribution is -2.42. The van der Waals surface area contributed by atoms with Gasteiger partial charge in [0.15, 0.2) is 0 Å². The standard InChI is InChI=1S/C10H15N3O2S/c1-7-9(8(2)12-11-7)10(14)13-3-5-16(15)6-4-13/h3-6H2,1-2H3,(H,11,12). The highest BCUT2D eigenvalue weighted by Gasteiger charge is 2.24. The molecule has 1 saturated heterocycles. The highest BCUT2D eigenvalue weighted by molar-refractivity contribution is 7.85. The average molecular weight is 241 g/mol. The molecule has 2 heterocycles. The third kappa shape index (κ3) is 2.02. The molecule has 1 aromatic heterocycles. The van der Waals surface area contributed by atoms with Gasteiger partial charge in [-0.05, 0) is 13.8 Å². The summed E-state index contributed by atoms with van der Waals surface area (Å²) in [6, 6.07) is 0. The van der Waals surface area contributed by atoms with Crippen molar-refractivity contribution in [2.24, 2.45) is 0 Å². The summed E-state index contributed by atoms with van der Waals surface area (Å²) in [6.45, 7) is 4.82. The zero-order chi connectivity index (χ0) is 11.7. The van der Waals surface area contributed by atoms with Crippen LogP contribution < -0.4 is 0 Å². The predicted molar refractivity (Wildman–Crippen MR) is 61.8 cm³/mol. The Morgan fingerprint density at radius 1 is 1.38 bits per heavy atom. The van der Waals surface area contributed by atoms with E-state index in [1.165, 1.54) is 0 Å². The van der Waals surface area contributed by atoms with E-state index in [9.17, 15) is 9.00 Å². The van der Waals surface area contributed by atoms with Gasteiger partial charge in [0, 0.05) is 41.1 Å². The number of hydrogen-bond acceptors (Lipinski definition) is 3. The number of aryl methyl sites for hydroxylation is 2. The zero-order valence-corrected chi connectivity index (χ0v) is 10.3. The van der Waals surface area contributed by atoms with Gasteiger partial charge >= 0.3 is 0 Å². The molecule has 16 heavy (non-hydrogen) atoms. The SMILES string of the molecule is Cc1n[nH]c(C)c1C(=O)N1CCS(=O)CC1. The molecule has 1 N–H and O–H groups in total. The van der Waals surface area contributed by atoms with Gasteiger partial charge in [0.25, 0.3) is 5.91 Å². The Morgan fingerprint density at radius 2 is 2.00 bits per heavy atom. The summed E-state index contributed by atoms with van der Waals surface area (Å²) in [5.41, 5.74) is 2.19. The molecule has 1 aliphatic heterocycles. The molecule has 88 valence electrons. The number of carbonyl (C=O) groups excluding carboxylic acids is 1. The molecule has 0 aliphatic carbocycles. The first kappa shape index (κ1) is 11.3. The van der Waals surface area contributed by atoms with E-state index in [1.807, 2.05) is 13.8 Å². The summed E-state index contributed by atoms with van der Waals surface area (Å²) >= 11 is 0. The van der Waals surface area contributed by atoms with Gasteiger partial charge < -0.3 is 4.90 Å². The highest BCUT2D eigenvalue weighted by Crippen LogP contribution is 2.14. The van der Waals surface area contributed by atoms with Crippen molar-refractivity contribution in [3.8, 4) is 0 Å². The van der Waals surface area contributed by atoms with Crippen LogP contribution in [0.3, 0.4) is 0 Å². The average Bonchev–Trinajstić information content (AvgIpc) is 2.59. The van der Waals surface area contributed by atoms with Crippen LogP contribution in [-0.2, 0) is 10.8 Å². The molecular formula is C10H15N3O2S. The fraction of sp³-hybridized carbons (Fsp3) is 0.600. The van der Waals surface area contributed by atoms with Crippen molar-refractivity contribution < 1.29 is 9.00 Å². The first-order valence-electron chi connectivity index (χ1n) is 5.25. The van der Waals surface area contributed by atoms with Crippen molar-refractivity contribution in [3.63, 3.8) is 0 Å². The van der Waals surface area contributed by atoms with Gasteiger partial charge in [-0.2, -0.15) is 5.10 Å². The van der Waals surface area contributed by atoms with Crippen LogP contribution in [0, 0.1) is 13.8 Å². The smallest absolute Gasteiger partial charge is 0.257 e. The lowest BCUT2D eigenvalue weighted by molar-refractivity contribution is 0.0770. The quantitative estimate of drug-likeness (QED) is 0.765. The summed E-state index contributed by atoms with van der Waals surface area (Å²) in [5.74, 6) is 1.17. The zero-order valence-electron chi connectivity index (χ0n) is 9.45. The second-order valence-corrected chi connectivity index (χ2v) is 5.65. The Balaban J connectivity index is 2.17. The van der Waals surface area contributed by atoms with E-state index < -0.39 is 10.8 Å². The van der Waals surface area contributed by atoms with E-state index in [0.29, 0.717) is 30.2 Å². The minimum Gasteiger partial charge on any atom is -0.337 e. The van der Waals surface area contributed by atoms with Crippen molar-refractivity contribution in [3.05, 3.63) is 17.0 Å². The number of aromatic nitrogens is 2. The first-order valence-corrected chi connectivity index (χ1v) is 6.74. The highest BCUT2D eigenvalue weighted by atomic mass is 32.2. The summed E-state index contributed by atoms with van der Waals surface area (Å²) in [6.07, 6.45) is 0. The maximum absolute atomic E-state index is 12.2. The number of H-pyrrole nitrogens is 1. The second-order valence-electron chi connectivity index (χ2n) is 3.95. The molecule has 1 aliphatic rings. The molecule has 1 fully saturated rings. The molecule has 0 aromatic carbocycles. The van der Waals surface area contributed by atoms with Gasteiger partial charge in [0.1, 0.15) is 0 Å². The van der Waals surface area contributed by atoms with Crippen molar-refractivity contribution in [1.82, 2.24) is 15.1 Å². The summed E-state index contributed by atoms with van der Waals surface area (Å²) in [4.78, 5) is 13.9. The molecule has 6 heteroatoms. The van der Waals surface area contributed by atoms with Crippen molar-refractivity contribution >= 4 is 16.7 Å². The van der Waals surface area contributed by atoms with Gasteiger partial charge in [0.05, 0.1) is 11.3 Å². The van der Waals surface area contributed by atoms with Crippen molar-refractivity contribution in [2.45, 2.75) is 13.8 Å². The van der Waals surface area contributed by atoms with Crippen LogP contribution in [0.1, 0.15) is 21.7 Å². The minimum atomic E-state index is -0.752. The third-order valence-corrected chi connectivity index (χ3v) is 4.08. The van der Waals surface area contributed by atoms with Crippen molar-refractivity contribution in [1.29, 1.82) is 0 Å². The van der Waals surface area contributed by atoms with E-state index in [2.05, 4.69) is 10.2 Å². The Morgan fingerprint density at radius 3 is 2.50 bits per heavy atom. The van der Waals surface area contributed by atoms with Crippen LogP contribution in [-0.4, -0.2) is 49.8 Å². The number of carbonyl (C=O) groups is 1. The van der Waals surface area contributed by atoms with E-state index in [1.54, 1.807) is 4.90 Å². The van der Waals surface area contributed by atoms with Crippen LogP contribution in [0.4, 0.5) is 0 Å². The number of rotatable bonds is 1. The molecule has 0 radical (unpaired) electrons. The molecule has 0 unspecified atom stereocenters. The molecule has 2 rings (SSSR count). The van der Waals surface area contributed by atoms with Crippen LogP contribution in [0.2, 0.25) is 0 Å². The van der Waals surface area contributed by atoms with Gasteiger partial charge in [-0.1, -0.05) is 0 Å². The minimum absolute atomic E-state index is 0.000417. The fourth-order valence-electron chi connectivity index (χ4n) is 1.87. The molecular weight excluding hydrogens is 226 g/mol. The Kier molecular flexibility index (Phi) is 3.09. The topological polar surface area (TPSA) is 66.1 Å². The lowest BCUT2D eigenvalue weighted by Gasteiger charge is -2.26. The predicted octanol–water partition coefficient (Wildman–Crippen LogP) is 0.231. The normalized spacial score (nSPS) is 17.8. The van der Waals surface area contributed by atoms with Gasteiger partial charge in [0.2, 0.25) is 0 Å². The van der Waals surface area contributed by atoms with Crippen LogP contribution >= 0.6 is 0 Å². The molecule has 0 spiro atoms. The van der Waals surface area contributed by atoms with Crippen LogP contribution in [0.5, 0.6) is 0 Å². The lowest BCUT2D eigenvalue weighted by atomic mass is 10.1. The van der Waals surface area contributed by atoms with E-state index >= 15 is 0 Å². The number of nitrogens with zero attached hydrogens (tertiary/aromatic N) is 2. The second kappa shape index (κ2) is 4.37. The maximum Gasteiger partial charge on any atom is 0.257 e. The molecule has 0 bridgehead atoms. The van der Waals surface area contributed by atoms with Gasteiger partial charge in [-0.25, -0.2) is 0 Å². The Bertz CT molecular complexity index is 412. The third-order valence-electron chi connectivity index (χ3n) is 2.81. The van der Waals surface area contributed by atoms with E-state index in [0.717, 1.165) is 11.4 Å². The fourth-order valence-corrected chi connectivity index (χ4v) is 2.92. The van der Waals surface area contributed by atoms with Gasteiger partial charge in [-0.15, -0.1) is 0 Å². The Labute approximate surface area is 96.7 Å². The first-order chi connectivity index (χ1) is 7.59. The van der Waals surface area contributed by atoms with E-state index in [4.69, 9.17) is 0 Å². The monoisotopic (exact) mass is 241 g/mol. The van der Waals surface area contributed by atoms with Crippen molar-refractivity contribution in [2.75, 3.05) is 24.6 Å². The largest absolute Gasteiger partial charge is 0.337 e. The van der Waals surface area contributed by atoms with E-state index in [-0.39, 0.29) is 5.91 Å². The van der Waals surface area contributed by atoms with Crippen LogP contribution in [0.25, 0.3) is 0 Å². The van der Waals surface area contributed by atoms with Gasteiger partial charge in [-0.3, -0.25) is 14.1 Å². The maximum atomic E-state index is 12.2. The van der Waals surface area contributed by atoms with Crippen LogP contribution in [0.15, 0.2) is 0 Å².